The van der Waals surface area contributed by atoms with Crippen LogP contribution < -0.4 is 5.56 Å². The van der Waals surface area contributed by atoms with Crippen molar-refractivity contribution in [3.8, 4) is 0 Å². The molecule has 0 bridgehead atoms. The Hall–Kier alpha value is -1.70. The van der Waals surface area contributed by atoms with Crippen LogP contribution in [0.3, 0.4) is 0 Å². The van der Waals surface area contributed by atoms with Crippen LogP contribution in [0.2, 0.25) is 0 Å². The number of nitrogens with one attached hydrogen (secondary N) is 1. The van der Waals surface area contributed by atoms with Crippen molar-refractivity contribution in [1.82, 2.24) is 19.5 Å². The van der Waals surface area contributed by atoms with Gasteiger partial charge in [-0.2, -0.15) is 0 Å². The number of hydrogen-bond acceptors (Lipinski definition) is 5. The molecule has 2 fully saturated rings. The van der Waals surface area contributed by atoms with Gasteiger partial charge in [0.2, 0.25) is 0 Å². The molecule has 4 heterocycles. The van der Waals surface area contributed by atoms with Crippen LogP contribution in [-0.4, -0.2) is 56.5 Å². The van der Waals surface area contributed by atoms with Crippen molar-refractivity contribution in [2.24, 2.45) is 0 Å². The Morgan fingerprint density at radius 1 is 1.36 bits per heavy atom. The molecular formula is C18H26N4O3. The third-order valence-corrected chi connectivity index (χ3v) is 5.47. The molecule has 136 valence electrons. The number of ether oxygens (including phenoxy) is 1. The van der Waals surface area contributed by atoms with Gasteiger partial charge in [0, 0.05) is 50.4 Å². The van der Waals surface area contributed by atoms with Gasteiger partial charge in [-0.3, -0.25) is 14.8 Å². The Kier molecular flexibility index (Phi) is 4.39. The maximum atomic E-state index is 12.4. The van der Waals surface area contributed by atoms with Crippen molar-refractivity contribution in [2.75, 3.05) is 26.3 Å². The van der Waals surface area contributed by atoms with Gasteiger partial charge in [0.15, 0.2) is 5.65 Å². The lowest BCUT2D eigenvalue weighted by Gasteiger charge is -2.42. The molecule has 4 rings (SSSR count). The number of aromatic amines is 1. The number of aliphatic hydroxyl groups is 1. The van der Waals surface area contributed by atoms with Crippen molar-refractivity contribution in [3.05, 3.63) is 33.9 Å². The Morgan fingerprint density at radius 2 is 2.16 bits per heavy atom. The Labute approximate surface area is 146 Å². The molecule has 0 aromatic carbocycles. The van der Waals surface area contributed by atoms with Crippen LogP contribution in [0.1, 0.15) is 49.5 Å². The highest BCUT2D eigenvalue weighted by Gasteiger charge is 2.36. The van der Waals surface area contributed by atoms with Crippen LogP contribution in [-0.2, 0) is 4.74 Å². The highest BCUT2D eigenvalue weighted by atomic mass is 16.5. The molecule has 7 nitrogen and oxygen atoms in total. The van der Waals surface area contributed by atoms with E-state index in [2.05, 4.69) is 10.00 Å². The van der Waals surface area contributed by atoms with Gasteiger partial charge in [-0.1, -0.05) is 6.42 Å². The van der Waals surface area contributed by atoms with Gasteiger partial charge in [-0.25, -0.2) is 9.50 Å². The molecule has 2 aliphatic heterocycles. The summed E-state index contributed by atoms with van der Waals surface area (Å²) in [6.07, 6.45) is 4.55. The number of fused-ring (bicyclic) bond motifs is 1. The lowest BCUT2D eigenvalue weighted by molar-refractivity contribution is -0.0888. The summed E-state index contributed by atoms with van der Waals surface area (Å²) in [6, 6.07) is 3.62. The van der Waals surface area contributed by atoms with E-state index in [4.69, 9.17) is 9.72 Å². The Bertz CT molecular complexity index is 806. The Balaban J connectivity index is 1.63. The van der Waals surface area contributed by atoms with Crippen molar-refractivity contribution in [3.63, 3.8) is 0 Å². The summed E-state index contributed by atoms with van der Waals surface area (Å²) in [5.74, 6) is 0. The molecule has 2 aliphatic rings. The first kappa shape index (κ1) is 16.8. The number of likely N-dealkylation sites (tertiary alicyclic amines) is 1. The van der Waals surface area contributed by atoms with Crippen molar-refractivity contribution in [1.29, 1.82) is 0 Å². The first-order valence-electron chi connectivity index (χ1n) is 9.18. The zero-order valence-corrected chi connectivity index (χ0v) is 14.7. The molecule has 7 heteroatoms. The van der Waals surface area contributed by atoms with Crippen LogP contribution in [0.25, 0.3) is 5.65 Å². The van der Waals surface area contributed by atoms with E-state index in [1.54, 1.807) is 6.07 Å². The first-order valence-corrected chi connectivity index (χ1v) is 9.18. The molecule has 2 saturated heterocycles. The molecule has 1 atom stereocenters. The maximum Gasteiger partial charge on any atom is 0.272 e. The SMILES string of the molecule is Cc1cc2nc(C3CCCCN3CC3(O)CCOCC3)cc(=O)n2[nH]1. The largest absolute Gasteiger partial charge is 0.388 e. The van der Waals surface area contributed by atoms with E-state index in [0.29, 0.717) is 38.2 Å². The summed E-state index contributed by atoms with van der Waals surface area (Å²) in [6.45, 7) is 4.70. The minimum Gasteiger partial charge on any atom is -0.388 e. The van der Waals surface area contributed by atoms with Crippen LogP contribution in [0.15, 0.2) is 16.9 Å². The van der Waals surface area contributed by atoms with Gasteiger partial charge >= 0.3 is 0 Å². The van der Waals surface area contributed by atoms with E-state index >= 15 is 0 Å². The molecule has 0 spiro atoms. The summed E-state index contributed by atoms with van der Waals surface area (Å²) >= 11 is 0. The minimum absolute atomic E-state index is 0.0802. The van der Waals surface area contributed by atoms with Gasteiger partial charge in [-0.15, -0.1) is 0 Å². The summed E-state index contributed by atoms with van der Waals surface area (Å²) in [4.78, 5) is 19.5. The molecule has 25 heavy (non-hydrogen) atoms. The van der Waals surface area contributed by atoms with Gasteiger partial charge in [0.1, 0.15) is 0 Å². The van der Waals surface area contributed by atoms with E-state index < -0.39 is 5.60 Å². The van der Waals surface area contributed by atoms with E-state index in [0.717, 1.165) is 37.2 Å². The highest BCUT2D eigenvalue weighted by molar-refractivity contribution is 5.39. The minimum atomic E-state index is -0.697. The van der Waals surface area contributed by atoms with Crippen LogP contribution in [0.5, 0.6) is 0 Å². The monoisotopic (exact) mass is 346 g/mol. The van der Waals surface area contributed by atoms with Crippen molar-refractivity contribution >= 4 is 5.65 Å². The maximum absolute atomic E-state index is 12.4. The van der Waals surface area contributed by atoms with Crippen LogP contribution in [0.4, 0.5) is 0 Å². The normalized spacial score (nSPS) is 24.6. The van der Waals surface area contributed by atoms with E-state index in [1.165, 1.54) is 4.52 Å². The molecule has 2 aromatic rings. The zero-order chi connectivity index (χ0) is 17.4. The molecule has 0 amide bonds. The average molecular weight is 346 g/mol. The lowest BCUT2D eigenvalue weighted by Crippen LogP contribution is -2.49. The number of β-amino-alcohol motifs (C(OH)–C–C–N with tert-alkyl or cyclic N) is 1. The fourth-order valence-corrected chi connectivity index (χ4v) is 4.10. The number of nitrogens with zero attached hydrogens (tertiary/aromatic N) is 3. The predicted octanol–water partition coefficient (Wildman–Crippen LogP) is 1.40. The summed E-state index contributed by atoms with van der Waals surface area (Å²) < 4.78 is 6.88. The predicted molar refractivity (Wildman–Crippen MR) is 93.7 cm³/mol. The van der Waals surface area contributed by atoms with Crippen molar-refractivity contribution in [2.45, 2.75) is 50.7 Å². The second-order valence-corrected chi connectivity index (χ2v) is 7.47. The number of hydrogen-bond donors (Lipinski definition) is 2. The third kappa shape index (κ3) is 3.36. The molecule has 0 radical (unpaired) electrons. The highest BCUT2D eigenvalue weighted by Crippen LogP contribution is 2.33. The lowest BCUT2D eigenvalue weighted by atomic mass is 9.90. The van der Waals surface area contributed by atoms with Gasteiger partial charge in [-0.05, 0) is 26.3 Å². The zero-order valence-electron chi connectivity index (χ0n) is 14.7. The molecule has 2 N–H and O–H groups in total. The second-order valence-electron chi connectivity index (χ2n) is 7.47. The number of aryl methyl sites for hydroxylation is 1. The smallest absolute Gasteiger partial charge is 0.272 e. The topological polar surface area (TPSA) is 82.9 Å². The molecule has 2 aromatic heterocycles. The molecule has 0 saturated carbocycles. The molecule has 1 unspecified atom stereocenters. The summed E-state index contributed by atoms with van der Waals surface area (Å²) in [5.41, 5.74) is 1.62. The standard InChI is InChI=1S/C18H26N4O3/c1-13-10-16-19-14(11-17(23)22(16)20-13)15-4-2-3-7-21(15)12-18(24)5-8-25-9-6-18/h10-11,15,20,24H,2-9,12H2,1H3. The third-order valence-electron chi connectivity index (χ3n) is 5.47. The molecule has 0 aliphatic carbocycles. The number of H-pyrrole nitrogens is 1. The Morgan fingerprint density at radius 3 is 2.96 bits per heavy atom. The number of aromatic nitrogens is 3. The van der Waals surface area contributed by atoms with E-state index in [-0.39, 0.29) is 11.6 Å². The van der Waals surface area contributed by atoms with E-state index in [1.807, 2.05) is 13.0 Å². The number of piperidine rings is 1. The first-order chi connectivity index (χ1) is 12.0. The van der Waals surface area contributed by atoms with Gasteiger partial charge in [0.25, 0.3) is 5.56 Å². The molecular weight excluding hydrogens is 320 g/mol. The van der Waals surface area contributed by atoms with Crippen LogP contribution >= 0.6 is 0 Å². The van der Waals surface area contributed by atoms with Crippen molar-refractivity contribution < 1.29 is 9.84 Å². The summed E-state index contributed by atoms with van der Waals surface area (Å²) in [5, 5.41) is 13.9. The number of rotatable bonds is 3. The van der Waals surface area contributed by atoms with Crippen LogP contribution in [0, 0.1) is 6.92 Å². The quantitative estimate of drug-likeness (QED) is 0.878. The van der Waals surface area contributed by atoms with Gasteiger partial charge in [0.05, 0.1) is 17.3 Å². The van der Waals surface area contributed by atoms with Gasteiger partial charge < -0.3 is 9.84 Å². The average Bonchev–Trinajstić information content (AvgIpc) is 2.96. The van der Waals surface area contributed by atoms with E-state index in [9.17, 15) is 9.90 Å². The fourth-order valence-electron chi connectivity index (χ4n) is 4.10. The summed E-state index contributed by atoms with van der Waals surface area (Å²) in [7, 11) is 0. The second kappa shape index (κ2) is 6.55. The fraction of sp³-hybridized carbons (Fsp3) is 0.667.